The van der Waals surface area contributed by atoms with Gasteiger partial charge in [0, 0.05) is 22.6 Å². The maximum atomic E-state index is 10.5. The van der Waals surface area contributed by atoms with Crippen LogP contribution in [0.25, 0.3) is 0 Å². The number of halogens is 2. The molecule has 0 saturated heterocycles. The summed E-state index contributed by atoms with van der Waals surface area (Å²) in [6.45, 7) is 4.12. The molecule has 5 heteroatoms. The smallest absolute Gasteiger partial charge is 0.304 e. The zero-order valence-electron chi connectivity index (χ0n) is 9.62. The van der Waals surface area contributed by atoms with Crippen molar-refractivity contribution in [2.45, 2.75) is 19.9 Å². The van der Waals surface area contributed by atoms with Crippen LogP contribution in [0.1, 0.15) is 18.9 Å². The highest BCUT2D eigenvalue weighted by atomic mass is 79.9. The second-order valence-electron chi connectivity index (χ2n) is 3.75. The number of carbonyl (C=O) groups is 1. The maximum Gasteiger partial charge on any atom is 0.304 e. The lowest BCUT2D eigenvalue weighted by atomic mass is 10.2. The SMILES string of the molecule is CCN(CCC(=O)O)Cc1ccc(Cl)cc1Br. The Morgan fingerprint density at radius 2 is 2.24 bits per heavy atom. The van der Waals surface area contributed by atoms with Gasteiger partial charge in [-0.1, -0.05) is 40.5 Å². The number of nitrogens with zero attached hydrogens (tertiary/aromatic N) is 1. The predicted octanol–water partition coefficient (Wildman–Crippen LogP) is 3.40. The molecule has 0 radical (unpaired) electrons. The molecule has 0 amide bonds. The minimum atomic E-state index is -0.765. The Kier molecular flexibility index (Phi) is 5.95. The Balaban J connectivity index is 2.63. The van der Waals surface area contributed by atoms with Crippen molar-refractivity contribution in [3.63, 3.8) is 0 Å². The lowest BCUT2D eigenvalue weighted by Gasteiger charge is -2.20. The van der Waals surface area contributed by atoms with E-state index in [2.05, 4.69) is 20.8 Å². The van der Waals surface area contributed by atoms with Gasteiger partial charge in [-0.15, -0.1) is 0 Å². The van der Waals surface area contributed by atoms with E-state index in [0.717, 1.165) is 23.1 Å². The van der Waals surface area contributed by atoms with Gasteiger partial charge in [0.15, 0.2) is 0 Å². The highest BCUT2D eigenvalue weighted by molar-refractivity contribution is 9.10. The standard InChI is InChI=1S/C12H15BrClNO2/c1-2-15(6-5-12(16)17)8-9-3-4-10(14)7-11(9)13/h3-4,7H,2,5-6,8H2,1H3,(H,16,17). The molecule has 0 aliphatic carbocycles. The van der Waals surface area contributed by atoms with Gasteiger partial charge >= 0.3 is 5.97 Å². The van der Waals surface area contributed by atoms with Crippen LogP contribution in [0.5, 0.6) is 0 Å². The molecule has 17 heavy (non-hydrogen) atoms. The van der Waals surface area contributed by atoms with E-state index < -0.39 is 5.97 Å². The van der Waals surface area contributed by atoms with Gasteiger partial charge in [0.1, 0.15) is 0 Å². The monoisotopic (exact) mass is 319 g/mol. The summed E-state index contributed by atoms with van der Waals surface area (Å²) in [5.41, 5.74) is 1.11. The lowest BCUT2D eigenvalue weighted by molar-refractivity contribution is -0.137. The first-order valence-electron chi connectivity index (χ1n) is 5.41. The van der Waals surface area contributed by atoms with Gasteiger partial charge in [-0.3, -0.25) is 9.69 Å². The molecule has 0 saturated carbocycles. The third-order valence-electron chi connectivity index (χ3n) is 2.50. The summed E-state index contributed by atoms with van der Waals surface area (Å²) in [5, 5.41) is 9.35. The number of hydrogen-bond acceptors (Lipinski definition) is 2. The van der Waals surface area contributed by atoms with Crippen LogP contribution in [0.2, 0.25) is 5.02 Å². The van der Waals surface area contributed by atoms with Gasteiger partial charge in [0.25, 0.3) is 0 Å². The summed E-state index contributed by atoms with van der Waals surface area (Å²) in [7, 11) is 0. The highest BCUT2D eigenvalue weighted by Gasteiger charge is 2.08. The molecule has 1 aromatic rings. The molecular weight excluding hydrogens is 305 g/mol. The van der Waals surface area contributed by atoms with Crippen LogP contribution in [-0.4, -0.2) is 29.1 Å². The van der Waals surface area contributed by atoms with Crippen LogP contribution in [0, 0.1) is 0 Å². The first-order valence-corrected chi connectivity index (χ1v) is 6.58. The lowest BCUT2D eigenvalue weighted by Crippen LogP contribution is -2.25. The van der Waals surface area contributed by atoms with Gasteiger partial charge in [-0.2, -0.15) is 0 Å². The molecular formula is C12H15BrClNO2. The second kappa shape index (κ2) is 6.99. The molecule has 0 heterocycles. The van der Waals surface area contributed by atoms with Crippen molar-refractivity contribution in [2.24, 2.45) is 0 Å². The van der Waals surface area contributed by atoms with Gasteiger partial charge in [-0.05, 0) is 24.2 Å². The number of carboxylic acids is 1. The number of carboxylic acid groups (broad SMARTS) is 1. The topological polar surface area (TPSA) is 40.5 Å². The molecule has 94 valence electrons. The van der Waals surface area contributed by atoms with Gasteiger partial charge in [0.2, 0.25) is 0 Å². The molecule has 0 fully saturated rings. The van der Waals surface area contributed by atoms with Crippen LogP contribution >= 0.6 is 27.5 Å². The minimum absolute atomic E-state index is 0.166. The van der Waals surface area contributed by atoms with E-state index in [0.29, 0.717) is 11.6 Å². The third-order valence-corrected chi connectivity index (χ3v) is 3.47. The number of rotatable bonds is 6. The summed E-state index contributed by atoms with van der Waals surface area (Å²) >= 11 is 9.33. The van der Waals surface area contributed by atoms with Gasteiger partial charge in [0.05, 0.1) is 6.42 Å². The molecule has 0 aliphatic rings. The van der Waals surface area contributed by atoms with E-state index in [1.165, 1.54) is 0 Å². The normalized spacial score (nSPS) is 10.8. The third kappa shape index (κ3) is 5.06. The van der Waals surface area contributed by atoms with E-state index >= 15 is 0 Å². The first kappa shape index (κ1) is 14.5. The Hall–Kier alpha value is -0.580. The molecule has 0 unspecified atom stereocenters. The van der Waals surface area contributed by atoms with Crippen LogP contribution in [0.3, 0.4) is 0 Å². The summed E-state index contributed by atoms with van der Waals surface area (Å²) in [6.07, 6.45) is 0.166. The fourth-order valence-corrected chi connectivity index (χ4v) is 2.30. The Morgan fingerprint density at radius 1 is 1.53 bits per heavy atom. The van der Waals surface area contributed by atoms with Crippen LogP contribution < -0.4 is 0 Å². The number of aliphatic carboxylic acids is 1. The van der Waals surface area contributed by atoms with Crippen LogP contribution in [0.4, 0.5) is 0 Å². The Labute approximate surface area is 115 Å². The highest BCUT2D eigenvalue weighted by Crippen LogP contribution is 2.22. The Bertz CT molecular complexity index is 398. The van der Waals surface area contributed by atoms with Crippen LogP contribution in [-0.2, 0) is 11.3 Å². The molecule has 0 bridgehead atoms. The predicted molar refractivity (Wildman–Crippen MR) is 72.4 cm³/mol. The molecule has 1 rings (SSSR count). The van der Waals surface area contributed by atoms with E-state index in [1.807, 2.05) is 25.1 Å². The van der Waals surface area contributed by atoms with Crippen molar-refractivity contribution < 1.29 is 9.90 Å². The van der Waals surface area contributed by atoms with Crippen molar-refractivity contribution in [3.8, 4) is 0 Å². The molecule has 0 aromatic heterocycles. The summed E-state index contributed by atoms with van der Waals surface area (Å²) in [6, 6.07) is 5.64. The molecule has 3 nitrogen and oxygen atoms in total. The summed E-state index contributed by atoms with van der Waals surface area (Å²) in [4.78, 5) is 12.6. The van der Waals surface area contributed by atoms with E-state index in [-0.39, 0.29) is 6.42 Å². The molecule has 0 aliphatic heterocycles. The van der Waals surface area contributed by atoms with Crippen molar-refractivity contribution >= 4 is 33.5 Å². The molecule has 0 atom stereocenters. The average molecular weight is 321 g/mol. The average Bonchev–Trinajstić information content (AvgIpc) is 2.26. The van der Waals surface area contributed by atoms with Gasteiger partial charge in [-0.25, -0.2) is 0 Å². The molecule has 0 spiro atoms. The van der Waals surface area contributed by atoms with Crippen molar-refractivity contribution in [1.29, 1.82) is 0 Å². The molecule has 1 aromatic carbocycles. The fraction of sp³-hybridized carbons (Fsp3) is 0.417. The summed E-state index contributed by atoms with van der Waals surface area (Å²) in [5.74, 6) is -0.765. The maximum absolute atomic E-state index is 10.5. The zero-order valence-corrected chi connectivity index (χ0v) is 12.0. The van der Waals surface area contributed by atoms with E-state index in [9.17, 15) is 4.79 Å². The zero-order chi connectivity index (χ0) is 12.8. The summed E-state index contributed by atoms with van der Waals surface area (Å²) < 4.78 is 0.957. The fourth-order valence-electron chi connectivity index (χ4n) is 1.49. The Morgan fingerprint density at radius 3 is 2.76 bits per heavy atom. The van der Waals surface area contributed by atoms with Gasteiger partial charge < -0.3 is 5.11 Å². The van der Waals surface area contributed by atoms with Crippen LogP contribution in [0.15, 0.2) is 22.7 Å². The van der Waals surface area contributed by atoms with E-state index in [4.69, 9.17) is 16.7 Å². The number of benzene rings is 1. The largest absolute Gasteiger partial charge is 0.481 e. The van der Waals surface area contributed by atoms with Crippen molar-refractivity contribution in [3.05, 3.63) is 33.3 Å². The second-order valence-corrected chi connectivity index (χ2v) is 5.04. The minimum Gasteiger partial charge on any atom is -0.481 e. The quantitative estimate of drug-likeness (QED) is 0.873. The number of hydrogen-bond donors (Lipinski definition) is 1. The first-order chi connectivity index (χ1) is 8.02. The molecule has 1 N–H and O–H groups in total. The van der Waals surface area contributed by atoms with Crippen molar-refractivity contribution in [1.82, 2.24) is 4.90 Å². The van der Waals surface area contributed by atoms with E-state index in [1.54, 1.807) is 0 Å². The van der Waals surface area contributed by atoms with Crippen molar-refractivity contribution in [2.75, 3.05) is 13.1 Å².